The number of rotatable bonds is 2. The zero-order valence-corrected chi connectivity index (χ0v) is 12.6. The molecule has 2 amide bonds. The molecule has 8 heteroatoms. The molecule has 2 fully saturated rings. The van der Waals surface area contributed by atoms with Gasteiger partial charge in [-0.1, -0.05) is 0 Å². The van der Waals surface area contributed by atoms with Gasteiger partial charge in [0, 0.05) is 30.9 Å². The standard InChI is InChI=1S/C14H18N4O4/c1-8-11(13(20)16-9(2)15-8)5-12(19)17-3-4-18-10(6-17)7-22-14(18)21/h10H,3-7H2,1-2H3,(H,15,16,20). The Balaban J connectivity index is 1.71. The van der Waals surface area contributed by atoms with Gasteiger partial charge >= 0.3 is 6.09 Å². The fourth-order valence-corrected chi connectivity index (χ4v) is 2.94. The number of ether oxygens (including phenoxy) is 1. The van der Waals surface area contributed by atoms with Crippen molar-refractivity contribution in [2.24, 2.45) is 0 Å². The smallest absolute Gasteiger partial charge is 0.410 e. The van der Waals surface area contributed by atoms with Crippen molar-refractivity contribution in [3.8, 4) is 0 Å². The van der Waals surface area contributed by atoms with Crippen molar-refractivity contribution in [3.63, 3.8) is 0 Å². The summed E-state index contributed by atoms with van der Waals surface area (Å²) in [4.78, 5) is 46.0. The quantitative estimate of drug-likeness (QED) is 0.801. The van der Waals surface area contributed by atoms with E-state index in [0.717, 1.165) is 0 Å². The summed E-state index contributed by atoms with van der Waals surface area (Å²) in [5.74, 6) is 0.409. The summed E-state index contributed by atoms with van der Waals surface area (Å²) < 4.78 is 4.98. The lowest BCUT2D eigenvalue weighted by Crippen LogP contribution is -2.54. The molecule has 0 saturated carbocycles. The first kappa shape index (κ1) is 14.6. The van der Waals surface area contributed by atoms with Crippen molar-refractivity contribution in [1.29, 1.82) is 0 Å². The van der Waals surface area contributed by atoms with Crippen LogP contribution in [0.5, 0.6) is 0 Å². The molecule has 3 rings (SSSR count). The Morgan fingerprint density at radius 3 is 2.86 bits per heavy atom. The van der Waals surface area contributed by atoms with E-state index in [1.807, 2.05) is 0 Å². The van der Waals surface area contributed by atoms with Crippen LogP contribution in [-0.2, 0) is 16.0 Å². The molecule has 8 nitrogen and oxygen atoms in total. The third kappa shape index (κ3) is 2.56. The zero-order chi connectivity index (χ0) is 15.9. The average Bonchev–Trinajstić information content (AvgIpc) is 2.83. The number of amides is 2. The normalized spacial score (nSPS) is 20.8. The molecule has 1 aromatic heterocycles. The van der Waals surface area contributed by atoms with Crippen molar-refractivity contribution in [2.45, 2.75) is 26.3 Å². The molecule has 22 heavy (non-hydrogen) atoms. The Morgan fingerprint density at radius 1 is 1.36 bits per heavy atom. The van der Waals surface area contributed by atoms with Crippen LogP contribution in [0.3, 0.4) is 0 Å². The van der Waals surface area contributed by atoms with Gasteiger partial charge in [0.15, 0.2) is 0 Å². The molecule has 118 valence electrons. The molecule has 1 atom stereocenters. The Morgan fingerprint density at radius 2 is 2.14 bits per heavy atom. The molecule has 2 aliphatic rings. The van der Waals surface area contributed by atoms with Gasteiger partial charge in [-0.2, -0.15) is 0 Å². The summed E-state index contributed by atoms with van der Waals surface area (Å²) in [6, 6.07) is -0.0827. The highest BCUT2D eigenvalue weighted by Gasteiger charge is 2.38. The largest absolute Gasteiger partial charge is 0.447 e. The second kappa shape index (κ2) is 5.43. The second-order valence-corrected chi connectivity index (χ2v) is 5.66. The third-order valence-corrected chi connectivity index (χ3v) is 4.14. The number of nitrogens with one attached hydrogen (secondary N) is 1. The minimum Gasteiger partial charge on any atom is -0.447 e. The molecule has 0 radical (unpaired) electrons. The van der Waals surface area contributed by atoms with Gasteiger partial charge in [0.05, 0.1) is 12.5 Å². The monoisotopic (exact) mass is 306 g/mol. The highest BCUT2D eigenvalue weighted by molar-refractivity contribution is 5.79. The number of fused-ring (bicyclic) bond motifs is 1. The van der Waals surface area contributed by atoms with Crippen LogP contribution in [-0.4, -0.2) is 64.1 Å². The lowest BCUT2D eigenvalue weighted by Gasteiger charge is -2.35. The van der Waals surface area contributed by atoms with Crippen LogP contribution >= 0.6 is 0 Å². The number of hydrogen-bond acceptors (Lipinski definition) is 5. The summed E-state index contributed by atoms with van der Waals surface area (Å²) >= 11 is 0. The maximum atomic E-state index is 12.4. The number of aromatic nitrogens is 2. The van der Waals surface area contributed by atoms with Gasteiger partial charge < -0.3 is 14.6 Å². The van der Waals surface area contributed by atoms with Gasteiger partial charge in [-0.3, -0.25) is 14.5 Å². The first-order valence-corrected chi connectivity index (χ1v) is 7.23. The minimum absolute atomic E-state index is 0.0238. The molecule has 1 unspecified atom stereocenters. The summed E-state index contributed by atoms with van der Waals surface area (Å²) in [5.41, 5.74) is 0.709. The predicted molar refractivity (Wildman–Crippen MR) is 76.5 cm³/mol. The summed E-state index contributed by atoms with van der Waals surface area (Å²) in [7, 11) is 0. The number of aryl methyl sites for hydroxylation is 2. The molecule has 0 aromatic carbocycles. The molecule has 0 aliphatic carbocycles. The molecule has 0 bridgehead atoms. The molecule has 2 saturated heterocycles. The molecular weight excluding hydrogens is 288 g/mol. The van der Waals surface area contributed by atoms with Crippen LogP contribution in [0.2, 0.25) is 0 Å². The molecular formula is C14H18N4O4. The van der Waals surface area contributed by atoms with Gasteiger partial charge in [-0.05, 0) is 13.8 Å². The Hall–Kier alpha value is -2.38. The third-order valence-electron chi connectivity index (χ3n) is 4.14. The van der Waals surface area contributed by atoms with E-state index in [2.05, 4.69) is 9.97 Å². The van der Waals surface area contributed by atoms with Crippen LogP contribution < -0.4 is 5.56 Å². The Kier molecular flexibility index (Phi) is 3.59. The van der Waals surface area contributed by atoms with Crippen molar-refractivity contribution in [1.82, 2.24) is 19.8 Å². The number of cyclic esters (lactones) is 1. The van der Waals surface area contributed by atoms with Gasteiger partial charge in [0.2, 0.25) is 5.91 Å². The van der Waals surface area contributed by atoms with E-state index in [-0.39, 0.29) is 30.0 Å². The van der Waals surface area contributed by atoms with Crippen molar-refractivity contribution < 1.29 is 14.3 Å². The molecule has 2 aliphatic heterocycles. The van der Waals surface area contributed by atoms with Gasteiger partial charge in [0.1, 0.15) is 12.4 Å². The van der Waals surface area contributed by atoms with E-state index in [0.29, 0.717) is 43.3 Å². The fraction of sp³-hybridized carbons (Fsp3) is 0.571. The van der Waals surface area contributed by atoms with Crippen LogP contribution in [0.25, 0.3) is 0 Å². The number of piperazine rings is 1. The second-order valence-electron chi connectivity index (χ2n) is 5.66. The van der Waals surface area contributed by atoms with Crippen LogP contribution in [0.1, 0.15) is 17.1 Å². The van der Waals surface area contributed by atoms with Gasteiger partial charge in [-0.15, -0.1) is 0 Å². The highest BCUT2D eigenvalue weighted by Crippen LogP contribution is 2.18. The molecule has 0 spiro atoms. The number of nitrogens with zero attached hydrogens (tertiary/aromatic N) is 3. The van der Waals surface area contributed by atoms with E-state index in [1.165, 1.54) is 0 Å². The van der Waals surface area contributed by atoms with E-state index in [1.54, 1.807) is 23.6 Å². The lowest BCUT2D eigenvalue weighted by molar-refractivity contribution is -0.132. The Bertz CT molecular complexity index is 684. The highest BCUT2D eigenvalue weighted by atomic mass is 16.6. The molecule has 1 N–H and O–H groups in total. The zero-order valence-electron chi connectivity index (χ0n) is 12.6. The summed E-state index contributed by atoms with van der Waals surface area (Å²) in [6.45, 7) is 5.12. The van der Waals surface area contributed by atoms with Crippen LogP contribution in [0, 0.1) is 13.8 Å². The topological polar surface area (TPSA) is 95.6 Å². The number of carbonyl (C=O) groups is 2. The number of aromatic amines is 1. The minimum atomic E-state index is -0.313. The molecule has 3 heterocycles. The first-order valence-electron chi connectivity index (χ1n) is 7.23. The molecule has 1 aromatic rings. The fourth-order valence-electron chi connectivity index (χ4n) is 2.94. The van der Waals surface area contributed by atoms with E-state index >= 15 is 0 Å². The van der Waals surface area contributed by atoms with E-state index in [4.69, 9.17) is 4.74 Å². The lowest BCUT2D eigenvalue weighted by atomic mass is 10.1. The van der Waals surface area contributed by atoms with Gasteiger partial charge in [-0.25, -0.2) is 9.78 Å². The van der Waals surface area contributed by atoms with E-state index < -0.39 is 0 Å². The number of carbonyl (C=O) groups excluding carboxylic acids is 2. The van der Waals surface area contributed by atoms with E-state index in [9.17, 15) is 14.4 Å². The summed E-state index contributed by atoms with van der Waals surface area (Å²) in [5, 5.41) is 0. The van der Waals surface area contributed by atoms with Crippen molar-refractivity contribution in [3.05, 3.63) is 27.4 Å². The van der Waals surface area contributed by atoms with Crippen LogP contribution in [0.4, 0.5) is 4.79 Å². The SMILES string of the molecule is Cc1nc(C)c(CC(=O)N2CCN3C(=O)OCC3C2)c(=O)[nH]1. The van der Waals surface area contributed by atoms with Crippen LogP contribution in [0.15, 0.2) is 4.79 Å². The average molecular weight is 306 g/mol. The Labute approximate surface area is 127 Å². The number of hydrogen-bond donors (Lipinski definition) is 1. The number of H-pyrrole nitrogens is 1. The van der Waals surface area contributed by atoms with Crippen molar-refractivity contribution in [2.75, 3.05) is 26.2 Å². The first-order chi connectivity index (χ1) is 10.5. The summed E-state index contributed by atoms with van der Waals surface area (Å²) in [6.07, 6.45) is -0.289. The van der Waals surface area contributed by atoms with Gasteiger partial charge in [0.25, 0.3) is 5.56 Å². The van der Waals surface area contributed by atoms with Crippen molar-refractivity contribution >= 4 is 12.0 Å². The predicted octanol–water partition coefficient (Wildman–Crippen LogP) is -0.408. The maximum Gasteiger partial charge on any atom is 0.410 e. The maximum absolute atomic E-state index is 12.4.